The third-order valence-electron chi connectivity index (χ3n) is 4.33. The molecule has 2 aliphatic rings. The summed E-state index contributed by atoms with van der Waals surface area (Å²) in [5.41, 5.74) is 0.636. The Morgan fingerprint density at radius 3 is 3.00 bits per heavy atom. The highest BCUT2D eigenvalue weighted by molar-refractivity contribution is 7.91. The van der Waals surface area contributed by atoms with Gasteiger partial charge < -0.3 is 15.2 Å². The van der Waals surface area contributed by atoms with Crippen molar-refractivity contribution in [3.63, 3.8) is 0 Å². The molecule has 1 aromatic rings. The molecule has 3 rings (SSSR count). The van der Waals surface area contributed by atoms with Gasteiger partial charge in [0.2, 0.25) is 0 Å². The first-order chi connectivity index (χ1) is 11.0. The van der Waals surface area contributed by atoms with Crippen molar-refractivity contribution in [3.05, 3.63) is 16.0 Å². The molecule has 0 spiro atoms. The van der Waals surface area contributed by atoms with Crippen LogP contribution in [-0.4, -0.2) is 56.6 Å². The molecular weight excluding hydrogens is 340 g/mol. The number of hydrogen-bond acceptors (Lipinski definition) is 6. The molecule has 3 heterocycles. The van der Waals surface area contributed by atoms with Crippen LogP contribution in [-0.2, 0) is 27.7 Å². The second-order valence-electron chi connectivity index (χ2n) is 5.77. The molecule has 0 unspecified atom stereocenters. The number of hydrogen-bond donors (Lipinski definition) is 2. The number of carboxylic acid groups (broad SMARTS) is 1. The van der Waals surface area contributed by atoms with Crippen LogP contribution < -0.4 is 5.32 Å². The van der Waals surface area contributed by atoms with Gasteiger partial charge in [0.15, 0.2) is 0 Å². The molecule has 0 aliphatic carbocycles. The molecule has 0 amide bonds. The number of nitrogens with zero attached hydrogens (tertiary/aromatic N) is 1. The Kier molecular flexibility index (Phi) is 4.75. The molecule has 7 nitrogen and oxygen atoms in total. The molecule has 0 radical (unpaired) electrons. The smallest absolute Gasteiger partial charge is 0.338 e. The zero-order chi connectivity index (χ0) is 16.6. The highest BCUT2D eigenvalue weighted by atomic mass is 32.2. The van der Waals surface area contributed by atoms with E-state index >= 15 is 0 Å². The van der Waals surface area contributed by atoms with Gasteiger partial charge in [-0.3, -0.25) is 0 Å². The standard InChI is InChI=1S/C14H20N2O5S2/c1-21-8-9-3-2-6-16(9)23(19,20)14-12(13(17)18)10-4-5-15-7-11(10)22-14/h9,15H,2-8H2,1H3,(H,17,18)/t9-/m0/s1. The van der Waals surface area contributed by atoms with Crippen LogP contribution >= 0.6 is 11.3 Å². The fourth-order valence-electron chi connectivity index (χ4n) is 3.30. The third-order valence-corrected chi connectivity index (χ3v) is 8.01. The topological polar surface area (TPSA) is 95.9 Å². The van der Waals surface area contributed by atoms with Crippen LogP contribution in [0, 0.1) is 0 Å². The second kappa shape index (κ2) is 6.48. The van der Waals surface area contributed by atoms with Crippen molar-refractivity contribution >= 4 is 27.3 Å². The van der Waals surface area contributed by atoms with E-state index in [0.717, 1.165) is 29.1 Å². The zero-order valence-electron chi connectivity index (χ0n) is 12.9. The molecule has 1 atom stereocenters. The molecule has 9 heteroatoms. The van der Waals surface area contributed by atoms with E-state index in [9.17, 15) is 18.3 Å². The predicted molar refractivity (Wildman–Crippen MR) is 85.5 cm³/mol. The quantitative estimate of drug-likeness (QED) is 0.810. The van der Waals surface area contributed by atoms with Crippen LogP contribution in [0.5, 0.6) is 0 Å². The highest BCUT2D eigenvalue weighted by Crippen LogP contribution is 2.38. The molecule has 0 aromatic carbocycles. The van der Waals surface area contributed by atoms with Crippen LogP contribution in [0.1, 0.15) is 33.6 Å². The van der Waals surface area contributed by atoms with Gasteiger partial charge >= 0.3 is 5.97 Å². The fourth-order valence-corrected chi connectivity index (χ4v) is 6.96. The Labute approximate surface area is 139 Å². The summed E-state index contributed by atoms with van der Waals surface area (Å²) in [4.78, 5) is 12.5. The van der Waals surface area contributed by atoms with E-state index < -0.39 is 16.0 Å². The monoisotopic (exact) mass is 360 g/mol. The van der Waals surface area contributed by atoms with Gasteiger partial charge in [-0.1, -0.05) is 0 Å². The average molecular weight is 360 g/mol. The van der Waals surface area contributed by atoms with Gasteiger partial charge in [0, 0.05) is 31.1 Å². The Hall–Kier alpha value is -1.00. The zero-order valence-corrected chi connectivity index (χ0v) is 14.5. The maximum Gasteiger partial charge on any atom is 0.338 e. The van der Waals surface area contributed by atoms with Crippen molar-refractivity contribution < 1.29 is 23.1 Å². The van der Waals surface area contributed by atoms with Crippen LogP contribution in [0.15, 0.2) is 4.21 Å². The fraction of sp³-hybridized carbons (Fsp3) is 0.643. The first-order valence-electron chi connectivity index (χ1n) is 7.56. The summed E-state index contributed by atoms with van der Waals surface area (Å²) in [6.45, 7) is 1.93. The largest absolute Gasteiger partial charge is 0.478 e. The first kappa shape index (κ1) is 16.8. The number of carboxylic acids is 1. The van der Waals surface area contributed by atoms with Gasteiger partial charge in [0.25, 0.3) is 10.0 Å². The second-order valence-corrected chi connectivity index (χ2v) is 8.96. The summed E-state index contributed by atoms with van der Waals surface area (Å²) >= 11 is 1.09. The summed E-state index contributed by atoms with van der Waals surface area (Å²) < 4.78 is 32.6. The van der Waals surface area contributed by atoms with Crippen molar-refractivity contribution in [1.29, 1.82) is 0 Å². The molecular formula is C14H20N2O5S2. The van der Waals surface area contributed by atoms with Crippen molar-refractivity contribution in [2.45, 2.75) is 36.1 Å². The van der Waals surface area contributed by atoms with E-state index in [0.29, 0.717) is 38.2 Å². The molecule has 0 saturated carbocycles. The van der Waals surface area contributed by atoms with Gasteiger partial charge in [-0.2, -0.15) is 4.31 Å². The van der Waals surface area contributed by atoms with Crippen LogP contribution in [0.25, 0.3) is 0 Å². The molecule has 128 valence electrons. The SMILES string of the molecule is COC[C@@H]1CCCN1S(=O)(=O)c1sc2c(c1C(=O)O)CCNC2. The Bertz CT molecular complexity index is 713. The minimum absolute atomic E-state index is 0.0262. The molecule has 0 bridgehead atoms. The third kappa shape index (κ3) is 2.91. The lowest BCUT2D eigenvalue weighted by atomic mass is 10.1. The van der Waals surface area contributed by atoms with Gasteiger partial charge in [0.05, 0.1) is 12.2 Å². The van der Waals surface area contributed by atoms with E-state index in [2.05, 4.69) is 5.32 Å². The van der Waals surface area contributed by atoms with E-state index in [1.54, 1.807) is 7.11 Å². The molecule has 2 aliphatic heterocycles. The number of rotatable bonds is 5. The Morgan fingerprint density at radius 1 is 1.52 bits per heavy atom. The number of nitrogens with one attached hydrogen (secondary N) is 1. The minimum Gasteiger partial charge on any atom is -0.478 e. The summed E-state index contributed by atoms with van der Waals surface area (Å²) in [7, 11) is -2.27. The predicted octanol–water partition coefficient (Wildman–Crippen LogP) is 0.892. The molecule has 1 fully saturated rings. The molecule has 23 heavy (non-hydrogen) atoms. The summed E-state index contributed by atoms with van der Waals surface area (Å²) in [5, 5.41) is 12.7. The lowest BCUT2D eigenvalue weighted by molar-refractivity contribution is 0.0692. The number of methoxy groups -OCH3 is 1. The highest BCUT2D eigenvalue weighted by Gasteiger charge is 2.40. The summed E-state index contributed by atoms with van der Waals surface area (Å²) in [6.07, 6.45) is 2.05. The first-order valence-corrected chi connectivity index (χ1v) is 9.81. The number of sulfonamides is 1. The number of fused-ring (bicyclic) bond motifs is 1. The van der Waals surface area contributed by atoms with Gasteiger partial charge in [-0.15, -0.1) is 11.3 Å². The maximum absolute atomic E-state index is 13.1. The van der Waals surface area contributed by atoms with E-state index in [4.69, 9.17) is 4.74 Å². The molecule has 1 saturated heterocycles. The lowest BCUT2D eigenvalue weighted by Crippen LogP contribution is -2.38. The van der Waals surface area contributed by atoms with Gasteiger partial charge in [0.1, 0.15) is 4.21 Å². The average Bonchev–Trinajstić information content (AvgIpc) is 3.11. The van der Waals surface area contributed by atoms with E-state index in [1.807, 2.05) is 0 Å². The van der Waals surface area contributed by atoms with E-state index in [1.165, 1.54) is 4.31 Å². The minimum atomic E-state index is -3.82. The van der Waals surface area contributed by atoms with Gasteiger partial charge in [-0.05, 0) is 31.4 Å². The van der Waals surface area contributed by atoms with E-state index in [-0.39, 0.29) is 15.8 Å². The number of aromatic carboxylic acids is 1. The van der Waals surface area contributed by atoms with Crippen molar-refractivity contribution in [2.24, 2.45) is 0 Å². The van der Waals surface area contributed by atoms with Crippen molar-refractivity contribution in [3.8, 4) is 0 Å². The van der Waals surface area contributed by atoms with Crippen molar-refractivity contribution in [1.82, 2.24) is 9.62 Å². The van der Waals surface area contributed by atoms with Crippen LogP contribution in [0.3, 0.4) is 0 Å². The normalized spacial score (nSPS) is 22.2. The Balaban J connectivity index is 2.06. The maximum atomic E-state index is 13.1. The molecule has 2 N–H and O–H groups in total. The summed E-state index contributed by atoms with van der Waals surface area (Å²) in [5.74, 6) is -1.16. The number of thiophene rings is 1. The Morgan fingerprint density at radius 2 is 2.30 bits per heavy atom. The molecule has 1 aromatic heterocycles. The van der Waals surface area contributed by atoms with Crippen LogP contribution in [0.2, 0.25) is 0 Å². The summed E-state index contributed by atoms with van der Waals surface area (Å²) in [6, 6.07) is -0.219. The lowest BCUT2D eigenvalue weighted by Gasteiger charge is -2.23. The van der Waals surface area contributed by atoms with Crippen LogP contribution in [0.4, 0.5) is 0 Å². The van der Waals surface area contributed by atoms with Crippen molar-refractivity contribution in [2.75, 3.05) is 26.8 Å². The number of carbonyl (C=O) groups is 1. The number of ether oxygens (including phenoxy) is 1. The van der Waals surface area contributed by atoms with Gasteiger partial charge in [-0.25, -0.2) is 13.2 Å².